The summed E-state index contributed by atoms with van der Waals surface area (Å²) in [5.74, 6) is 1.26. The van der Waals surface area contributed by atoms with Crippen molar-refractivity contribution in [3.63, 3.8) is 0 Å². The van der Waals surface area contributed by atoms with Crippen molar-refractivity contribution in [3.05, 3.63) is 0 Å². The van der Waals surface area contributed by atoms with Crippen LogP contribution >= 0.6 is 0 Å². The summed E-state index contributed by atoms with van der Waals surface area (Å²) in [7, 11) is 0.652. The molecule has 1 rings (SSSR count). The summed E-state index contributed by atoms with van der Waals surface area (Å²) >= 11 is 0. The van der Waals surface area contributed by atoms with Crippen LogP contribution in [0.2, 0.25) is 0 Å². The molecule has 0 radical (unpaired) electrons. The van der Waals surface area contributed by atoms with E-state index in [-0.39, 0.29) is 17.5 Å². The third-order valence-electron chi connectivity index (χ3n) is 3.08. The van der Waals surface area contributed by atoms with Crippen LogP contribution in [0.4, 0.5) is 0 Å². The molecule has 0 heterocycles. The van der Waals surface area contributed by atoms with Gasteiger partial charge < -0.3 is 4.74 Å². The highest BCUT2D eigenvalue weighted by Gasteiger charge is 2.22. The number of hydrogen-bond acceptors (Lipinski definition) is 3. The van der Waals surface area contributed by atoms with Gasteiger partial charge in [-0.15, -0.1) is 0 Å². The second kappa shape index (κ2) is 7.96. The van der Waals surface area contributed by atoms with Gasteiger partial charge in [0, 0.05) is 36.2 Å². The van der Waals surface area contributed by atoms with Crippen molar-refractivity contribution in [2.45, 2.75) is 38.5 Å². The largest absolute Gasteiger partial charge is 0.385 e. The van der Waals surface area contributed by atoms with E-state index in [0.29, 0.717) is 12.4 Å². The quantitative estimate of drug-likeness (QED) is 0.645. The van der Waals surface area contributed by atoms with Crippen LogP contribution in [0.15, 0.2) is 0 Å². The number of rotatable bonds is 7. The number of Topliss-reactive ketones (excluding diaryl/α,β-unsaturated/α-hetero) is 1. The first-order valence-electron chi connectivity index (χ1n) is 6.10. The van der Waals surface area contributed by atoms with Crippen LogP contribution in [0, 0.1) is 5.92 Å². The predicted octanol–water partition coefficient (Wildman–Crippen LogP) is 1.92. The maximum Gasteiger partial charge on any atom is 0.148 e. The minimum absolute atomic E-state index is 0.195. The summed E-state index contributed by atoms with van der Waals surface area (Å²) in [5, 5.41) is 0. The third-order valence-corrected chi connectivity index (χ3v) is 4.43. The zero-order chi connectivity index (χ0) is 11.8. The molecule has 1 aliphatic rings. The molecule has 0 saturated heterocycles. The molecule has 94 valence electrons. The van der Waals surface area contributed by atoms with Crippen LogP contribution in [-0.4, -0.2) is 35.2 Å². The summed E-state index contributed by atoms with van der Waals surface area (Å²) in [6.07, 6.45) is 6.36. The van der Waals surface area contributed by atoms with Gasteiger partial charge in [-0.2, -0.15) is 0 Å². The highest BCUT2D eigenvalue weighted by molar-refractivity contribution is 7.85. The van der Waals surface area contributed by atoms with Crippen LogP contribution < -0.4 is 0 Å². The van der Waals surface area contributed by atoms with E-state index >= 15 is 0 Å². The molecule has 4 heteroatoms. The number of methoxy groups -OCH3 is 1. The highest BCUT2D eigenvalue weighted by atomic mass is 32.2. The molecule has 0 spiro atoms. The molecule has 1 fully saturated rings. The van der Waals surface area contributed by atoms with Gasteiger partial charge in [0.25, 0.3) is 0 Å². The number of carbonyl (C=O) groups is 1. The average Bonchev–Trinajstić information content (AvgIpc) is 2.30. The maximum absolute atomic E-state index is 11.8. The van der Waals surface area contributed by atoms with Crippen molar-refractivity contribution in [3.8, 4) is 0 Å². The van der Waals surface area contributed by atoms with Crippen LogP contribution in [0.3, 0.4) is 0 Å². The molecule has 1 atom stereocenters. The van der Waals surface area contributed by atoms with Gasteiger partial charge in [0.2, 0.25) is 0 Å². The van der Waals surface area contributed by atoms with Crippen molar-refractivity contribution in [2.24, 2.45) is 5.92 Å². The van der Waals surface area contributed by atoms with E-state index in [2.05, 4.69) is 0 Å². The van der Waals surface area contributed by atoms with Crippen molar-refractivity contribution in [2.75, 3.05) is 25.2 Å². The molecule has 0 bridgehead atoms. The normalized spacial score (nSPS) is 19.6. The van der Waals surface area contributed by atoms with Gasteiger partial charge in [-0.3, -0.25) is 9.00 Å². The first-order valence-corrected chi connectivity index (χ1v) is 7.59. The van der Waals surface area contributed by atoms with Gasteiger partial charge in [-0.25, -0.2) is 0 Å². The van der Waals surface area contributed by atoms with Gasteiger partial charge in [0.1, 0.15) is 5.78 Å². The lowest BCUT2D eigenvalue weighted by molar-refractivity contribution is -0.121. The highest BCUT2D eigenvalue weighted by Crippen LogP contribution is 2.24. The minimum Gasteiger partial charge on any atom is -0.385 e. The fourth-order valence-corrected chi connectivity index (χ4v) is 3.27. The van der Waals surface area contributed by atoms with E-state index in [4.69, 9.17) is 4.74 Å². The molecule has 0 aliphatic heterocycles. The van der Waals surface area contributed by atoms with Gasteiger partial charge in [-0.05, 0) is 19.3 Å². The molecule has 0 amide bonds. The van der Waals surface area contributed by atoms with E-state index in [9.17, 15) is 9.00 Å². The van der Waals surface area contributed by atoms with E-state index < -0.39 is 10.8 Å². The number of ether oxygens (including phenoxy) is 1. The molecule has 1 aliphatic carbocycles. The molecule has 0 aromatic heterocycles. The Morgan fingerprint density at radius 3 is 2.62 bits per heavy atom. The molecule has 0 aromatic carbocycles. The molecule has 3 nitrogen and oxygen atoms in total. The predicted molar refractivity (Wildman–Crippen MR) is 66.0 cm³/mol. The molecule has 16 heavy (non-hydrogen) atoms. The van der Waals surface area contributed by atoms with Gasteiger partial charge in [0.05, 0.1) is 5.75 Å². The zero-order valence-corrected chi connectivity index (χ0v) is 10.9. The Morgan fingerprint density at radius 2 is 2.00 bits per heavy atom. The summed E-state index contributed by atoms with van der Waals surface area (Å²) in [6.45, 7) is 0.628. The fraction of sp³-hybridized carbons (Fsp3) is 0.917. The monoisotopic (exact) mass is 246 g/mol. The summed E-state index contributed by atoms with van der Waals surface area (Å²) < 4.78 is 16.5. The Labute approximate surface area is 100 Å². The van der Waals surface area contributed by atoms with Gasteiger partial charge >= 0.3 is 0 Å². The Kier molecular flexibility index (Phi) is 6.88. The second-order valence-corrected chi connectivity index (χ2v) is 6.01. The fourth-order valence-electron chi connectivity index (χ4n) is 2.14. The number of hydrogen-bond donors (Lipinski definition) is 0. The summed E-state index contributed by atoms with van der Waals surface area (Å²) in [6, 6.07) is 0. The Balaban J connectivity index is 2.19. The maximum atomic E-state index is 11.8. The number of carbonyl (C=O) groups excluding carboxylic acids is 1. The van der Waals surface area contributed by atoms with Crippen molar-refractivity contribution in [1.29, 1.82) is 0 Å². The molecule has 1 unspecified atom stereocenters. The van der Waals surface area contributed by atoms with Crippen molar-refractivity contribution in [1.82, 2.24) is 0 Å². The lowest BCUT2D eigenvalue weighted by Crippen LogP contribution is -2.24. The van der Waals surface area contributed by atoms with Crippen LogP contribution in [-0.2, 0) is 20.3 Å². The second-order valence-electron chi connectivity index (χ2n) is 4.44. The number of ketones is 1. The molecular formula is C12H22O3S. The Hall–Kier alpha value is -0.220. The first kappa shape index (κ1) is 13.8. The van der Waals surface area contributed by atoms with Gasteiger partial charge in [0.15, 0.2) is 0 Å². The lowest BCUT2D eigenvalue weighted by atomic mass is 9.87. The standard InChI is InChI=1S/C12H22O3S/c1-15-8-5-9-16(14)10-12(13)11-6-3-2-4-7-11/h11H,2-10H2,1H3. The van der Waals surface area contributed by atoms with Gasteiger partial charge in [-0.1, -0.05) is 19.3 Å². The van der Waals surface area contributed by atoms with Crippen LogP contribution in [0.5, 0.6) is 0 Å². The Morgan fingerprint density at radius 1 is 1.31 bits per heavy atom. The smallest absolute Gasteiger partial charge is 0.148 e. The zero-order valence-electron chi connectivity index (χ0n) is 10.1. The van der Waals surface area contributed by atoms with E-state index in [1.807, 2.05) is 0 Å². The average molecular weight is 246 g/mol. The van der Waals surface area contributed by atoms with Crippen LogP contribution in [0.25, 0.3) is 0 Å². The first-order chi connectivity index (χ1) is 7.74. The Bertz CT molecular complexity index is 234. The molecule has 0 aromatic rings. The molecule has 1 saturated carbocycles. The molecular weight excluding hydrogens is 224 g/mol. The summed E-state index contributed by atoms with van der Waals surface area (Å²) in [5.41, 5.74) is 0. The van der Waals surface area contributed by atoms with Crippen molar-refractivity contribution < 1.29 is 13.7 Å². The lowest BCUT2D eigenvalue weighted by Gasteiger charge is -2.19. The summed E-state index contributed by atoms with van der Waals surface area (Å²) in [4.78, 5) is 11.8. The molecule has 0 N–H and O–H groups in total. The van der Waals surface area contributed by atoms with E-state index in [1.54, 1.807) is 7.11 Å². The SMILES string of the molecule is COCCCS(=O)CC(=O)C1CCCCC1. The van der Waals surface area contributed by atoms with E-state index in [0.717, 1.165) is 32.1 Å². The van der Waals surface area contributed by atoms with E-state index in [1.165, 1.54) is 6.42 Å². The van der Waals surface area contributed by atoms with Crippen molar-refractivity contribution >= 4 is 16.6 Å². The van der Waals surface area contributed by atoms with Crippen LogP contribution in [0.1, 0.15) is 38.5 Å². The topological polar surface area (TPSA) is 43.4 Å². The third kappa shape index (κ3) is 5.21. The minimum atomic E-state index is -0.983.